The standard InChI is InChI=1S/C23H23N3O2/c1-15-5-4-12-26-21-18(13-20(27)24-14-19(21)25-22(15)26)17-8-6-16(7-9-17)10-11-23(2,3)28/h4-9,12,18,28H,13-14H2,1-3H3,(H,24,27)/t18-/m0/s1. The monoisotopic (exact) mass is 373 g/mol. The number of pyridine rings is 1. The number of imidazole rings is 1. The number of benzene rings is 1. The quantitative estimate of drug-likeness (QED) is 0.645. The van der Waals surface area contributed by atoms with E-state index in [0.29, 0.717) is 13.0 Å². The number of aryl methyl sites for hydroxylation is 1. The molecule has 1 amide bonds. The number of carbonyl (C=O) groups is 1. The second kappa shape index (κ2) is 6.81. The minimum atomic E-state index is -1.03. The Bertz CT molecular complexity index is 1110. The maximum Gasteiger partial charge on any atom is 0.221 e. The SMILES string of the molecule is Cc1cccn2c3c(nc12)CNC(=O)C[C@H]3c1ccc(C#CC(C)(C)O)cc1. The Kier molecular flexibility index (Phi) is 4.44. The van der Waals surface area contributed by atoms with E-state index in [1.807, 2.05) is 49.5 Å². The lowest BCUT2D eigenvalue weighted by Crippen LogP contribution is -2.21. The van der Waals surface area contributed by atoms with Gasteiger partial charge in [-0.3, -0.25) is 4.79 Å². The minimum absolute atomic E-state index is 0.0234. The molecule has 1 aromatic carbocycles. The van der Waals surface area contributed by atoms with Crippen molar-refractivity contribution >= 4 is 11.6 Å². The van der Waals surface area contributed by atoms with E-state index in [9.17, 15) is 9.90 Å². The maximum atomic E-state index is 12.3. The van der Waals surface area contributed by atoms with Crippen LogP contribution in [0.15, 0.2) is 42.6 Å². The Morgan fingerprint density at radius 2 is 2.00 bits per heavy atom. The summed E-state index contributed by atoms with van der Waals surface area (Å²) in [6.07, 6.45) is 2.39. The van der Waals surface area contributed by atoms with Gasteiger partial charge in [-0.2, -0.15) is 0 Å². The van der Waals surface area contributed by atoms with E-state index < -0.39 is 5.60 Å². The van der Waals surface area contributed by atoms with Crippen LogP contribution in [0.4, 0.5) is 0 Å². The fourth-order valence-electron chi connectivity index (χ4n) is 3.60. The number of aromatic nitrogens is 2. The molecular formula is C23H23N3O2. The van der Waals surface area contributed by atoms with Gasteiger partial charge in [-0.15, -0.1) is 0 Å². The molecule has 5 nitrogen and oxygen atoms in total. The van der Waals surface area contributed by atoms with Gasteiger partial charge < -0.3 is 14.8 Å². The maximum absolute atomic E-state index is 12.3. The normalized spacial score (nSPS) is 16.7. The van der Waals surface area contributed by atoms with Crippen LogP contribution in [0, 0.1) is 18.8 Å². The molecule has 28 heavy (non-hydrogen) atoms. The van der Waals surface area contributed by atoms with Gasteiger partial charge in [0.15, 0.2) is 0 Å². The van der Waals surface area contributed by atoms with Crippen molar-refractivity contribution < 1.29 is 9.90 Å². The van der Waals surface area contributed by atoms with Crippen molar-refractivity contribution in [2.24, 2.45) is 0 Å². The molecule has 1 aliphatic rings. The molecule has 0 bridgehead atoms. The molecule has 0 unspecified atom stereocenters. The number of carbonyl (C=O) groups excluding carboxylic acids is 1. The number of rotatable bonds is 1. The third-order valence-corrected chi connectivity index (χ3v) is 4.96. The van der Waals surface area contributed by atoms with Crippen LogP contribution in [0.25, 0.3) is 5.65 Å². The van der Waals surface area contributed by atoms with Gasteiger partial charge in [0, 0.05) is 24.1 Å². The van der Waals surface area contributed by atoms with Crippen LogP contribution >= 0.6 is 0 Å². The summed E-state index contributed by atoms with van der Waals surface area (Å²) in [4.78, 5) is 17.1. The predicted molar refractivity (Wildman–Crippen MR) is 108 cm³/mol. The molecule has 0 radical (unpaired) electrons. The average Bonchev–Trinajstić information content (AvgIpc) is 2.94. The summed E-state index contributed by atoms with van der Waals surface area (Å²) in [5.41, 5.74) is 4.87. The first-order valence-corrected chi connectivity index (χ1v) is 9.40. The zero-order chi connectivity index (χ0) is 19.9. The van der Waals surface area contributed by atoms with Crippen LogP contribution in [0.1, 0.15) is 54.3 Å². The van der Waals surface area contributed by atoms with Crippen molar-refractivity contribution in [3.05, 3.63) is 70.7 Å². The van der Waals surface area contributed by atoms with Gasteiger partial charge in [0.05, 0.1) is 17.9 Å². The molecule has 5 heteroatoms. The lowest BCUT2D eigenvalue weighted by atomic mass is 9.91. The highest BCUT2D eigenvalue weighted by Crippen LogP contribution is 2.33. The molecule has 142 valence electrons. The van der Waals surface area contributed by atoms with Crippen LogP contribution in [-0.2, 0) is 11.3 Å². The number of nitrogens with one attached hydrogen (secondary N) is 1. The van der Waals surface area contributed by atoms with Crippen molar-refractivity contribution in [2.45, 2.75) is 45.3 Å². The fourth-order valence-corrected chi connectivity index (χ4v) is 3.60. The van der Waals surface area contributed by atoms with Crippen LogP contribution in [-0.4, -0.2) is 26.0 Å². The second-order valence-corrected chi connectivity index (χ2v) is 7.79. The van der Waals surface area contributed by atoms with Crippen molar-refractivity contribution in [1.29, 1.82) is 0 Å². The van der Waals surface area contributed by atoms with Crippen molar-refractivity contribution in [1.82, 2.24) is 14.7 Å². The average molecular weight is 373 g/mol. The summed E-state index contributed by atoms with van der Waals surface area (Å²) in [5.74, 6) is 5.76. The van der Waals surface area contributed by atoms with Crippen molar-refractivity contribution in [3.8, 4) is 11.8 Å². The van der Waals surface area contributed by atoms with E-state index in [2.05, 4.69) is 21.6 Å². The van der Waals surface area contributed by atoms with E-state index in [1.165, 1.54) is 0 Å². The van der Waals surface area contributed by atoms with E-state index in [4.69, 9.17) is 4.98 Å². The first-order chi connectivity index (χ1) is 13.3. The van der Waals surface area contributed by atoms with Gasteiger partial charge in [0.2, 0.25) is 5.91 Å². The highest BCUT2D eigenvalue weighted by atomic mass is 16.3. The largest absolute Gasteiger partial charge is 0.378 e. The third-order valence-electron chi connectivity index (χ3n) is 4.96. The Morgan fingerprint density at radius 3 is 2.71 bits per heavy atom. The van der Waals surface area contributed by atoms with Crippen LogP contribution < -0.4 is 5.32 Å². The minimum Gasteiger partial charge on any atom is -0.378 e. The molecule has 4 rings (SSSR count). The Balaban J connectivity index is 1.79. The van der Waals surface area contributed by atoms with Crippen LogP contribution in [0.3, 0.4) is 0 Å². The van der Waals surface area contributed by atoms with Crippen LogP contribution in [0.2, 0.25) is 0 Å². The fraction of sp³-hybridized carbons (Fsp3) is 0.304. The molecule has 1 atom stereocenters. The highest BCUT2D eigenvalue weighted by molar-refractivity contribution is 5.78. The molecule has 0 aliphatic carbocycles. The zero-order valence-electron chi connectivity index (χ0n) is 16.3. The second-order valence-electron chi connectivity index (χ2n) is 7.79. The Morgan fingerprint density at radius 1 is 1.25 bits per heavy atom. The molecule has 0 saturated carbocycles. The number of nitrogens with zero attached hydrogens (tertiary/aromatic N) is 2. The molecule has 3 aromatic rings. The van der Waals surface area contributed by atoms with E-state index >= 15 is 0 Å². The Labute approximate surface area is 164 Å². The van der Waals surface area contributed by atoms with Crippen molar-refractivity contribution in [3.63, 3.8) is 0 Å². The molecule has 2 N–H and O–H groups in total. The van der Waals surface area contributed by atoms with Gasteiger partial charge >= 0.3 is 0 Å². The van der Waals surface area contributed by atoms with E-state index in [0.717, 1.165) is 33.7 Å². The van der Waals surface area contributed by atoms with Gasteiger partial charge in [-0.05, 0) is 50.1 Å². The molecule has 0 fully saturated rings. The summed E-state index contributed by atoms with van der Waals surface area (Å²) in [5, 5.41) is 12.7. The summed E-state index contributed by atoms with van der Waals surface area (Å²) < 4.78 is 2.11. The first-order valence-electron chi connectivity index (χ1n) is 9.40. The number of amides is 1. The third kappa shape index (κ3) is 3.51. The van der Waals surface area contributed by atoms with Gasteiger partial charge in [-0.25, -0.2) is 4.98 Å². The summed E-state index contributed by atoms with van der Waals surface area (Å²) in [6, 6.07) is 11.9. The lowest BCUT2D eigenvalue weighted by Gasteiger charge is -2.16. The number of hydrogen-bond donors (Lipinski definition) is 2. The van der Waals surface area contributed by atoms with E-state index in [1.54, 1.807) is 13.8 Å². The molecule has 0 spiro atoms. The Hall–Kier alpha value is -3.10. The van der Waals surface area contributed by atoms with Crippen molar-refractivity contribution in [2.75, 3.05) is 0 Å². The molecular weight excluding hydrogens is 350 g/mol. The molecule has 3 heterocycles. The summed E-state index contributed by atoms with van der Waals surface area (Å²) >= 11 is 0. The zero-order valence-corrected chi connectivity index (χ0v) is 16.3. The van der Waals surface area contributed by atoms with Gasteiger partial charge in [-0.1, -0.05) is 30.0 Å². The number of aliphatic hydroxyl groups is 1. The number of hydrogen-bond acceptors (Lipinski definition) is 3. The number of fused-ring (bicyclic) bond motifs is 3. The summed E-state index contributed by atoms with van der Waals surface area (Å²) in [6.45, 7) is 5.81. The highest BCUT2D eigenvalue weighted by Gasteiger charge is 2.29. The molecule has 2 aromatic heterocycles. The lowest BCUT2D eigenvalue weighted by molar-refractivity contribution is -0.121. The summed E-state index contributed by atoms with van der Waals surface area (Å²) in [7, 11) is 0. The van der Waals surface area contributed by atoms with Gasteiger partial charge in [0.25, 0.3) is 0 Å². The van der Waals surface area contributed by atoms with Gasteiger partial charge in [0.1, 0.15) is 11.2 Å². The predicted octanol–water partition coefficient (Wildman–Crippen LogP) is 2.92. The van der Waals surface area contributed by atoms with E-state index in [-0.39, 0.29) is 11.8 Å². The molecule has 0 saturated heterocycles. The smallest absolute Gasteiger partial charge is 0.221 e. The topological polar surface area (TPSA) is 66.6 Å². The van der Waals surface area contributed by atoms with Crippen LogP contribution in [0.5, 0.6) is 0 Å². The first kappa shape index (κ1) is 18.3. The molecule has 1 aliphatic heterocycles.